The average Bonchev–Trinajstić information content (AvgIpc) is 2.25. The first-order valence-electron chi connectivity index (χ1n) is 4.37. The molecular weight excluding hydrogens is 278 g/mol. The van der Waals surface area contributed by atoms with Crippen LogP contribution in [0, 0.1) is 10.1 Å². The van der Waals surface area contributed by atoms with Crippen molar-refractivity contribution in [2.24, 2.45) is 0 Å². The zero-order valence-corrected chi connectivity index (χ0v) is 10.1. The Hall–Kier alpha value is -1.40. The minimum absolute atomic E-state index is 0.0852. The summed E-state index contributed by atoms with van der Waals surface area (Å²) >= 11 is 3.30. The van der Waals surface area contributed by atoms with E-state index >= 15 is 0 Å². The van der Waals surface area contributed by atoms with Crippen LogP contribution in [0.2, 0.25) is 0 Å². The lowest BCUT2D eigenvalue weighted by Crippen LogP contribution is -2.01. The van der Waals surface area contributed by atoms with E-state index in [1.165, 1.54) is 13.2 Å². The van der Waals surface area contributed by atoms with Crippen LogP contribution in [0.25, 0.3) is 6.08 Å². The maximum atomic E-state index is 10.2. The van der Waals surface area contributed by atoms with Crippen LogP contribution in [-0.4, -0.2) is 18.8 Å². The number of nitro groups is 1. The zero-order chi connectivity index (χ0) is 12.0. The van der Waals surface area contributed by atoms with Crippen molar-refractivity contribution in [2.75, 3.05) is 13.9 Å². The molecule has 0 aliphatic heterocycles. The fourth-order valence-corrected chi connectivity index (χ4v) is 1.56. The zero-order valence-electron chi connectivity index (χ0n) is 8.55. The average molecular weight is 288 g/mol. The van der Waals surface area contributed by atoms with Gasteiger partial charge in [-0.05, 0) is 22.0 Å². The first-order valence-corrected chi connectivity index (χ1v) is 5.16. The molecule has 1 aromatic carbocycles. The molecule has 0 aliphatic carbocycles. The number of para-hydroxylation sites is 1. The Morgan fingerprint density at radius 2 is 2.31 bits per heavy atom. The van der Waals surface area contributed by atoms with E-state index in [0.717, 1.165) is 10.7 Å². The third-order valence-electron chi connectivity index (χ3n) is 1.69. The Bertz CT molecular complexity index is 406. The van der Waals surface area contributed by atoms with Crippen molar-refractivity contribution in [3.8, 4) is 5.75 Å². The van der Waals surface area contributed by atoms with E-state index in [-0.39, 0.29) is 6.79 Å². The molecule has 86 valence electrons. The van der Waals surface area contributed by atoms with Gasteiger partial charge in [-0.2, -0.15) is 0 Å². The molecule has 5 nitrogen and oxygen atoms in total. The first kappa shape index (κ1) is 12.7. The van der Waals surface area contributed by atoms with Crippen molar-refractivity contribution in [3.05, 3.63) is 44.5 Å². The summed E-state index contributed by atoms with van der Waals surface area (Å²) in [6, 6.07) is 5.27. The molecule has 0 unspecified atom stereocenters. The standard InChI is InChI=1S/C10H10BrNO4/c1-15-7-16-10-8(5-6-12(13)14)3-2-4-9(10)11/h2-6H,7H2,1H3/b6-5+. The summed E-state index contributed by atoms with van der Waals surface area (Å²) in [6.07, 6.45) is 2.23. The highest BCUT2D eigenvalue weighted by Crippen LogP contribution is 2.29. The molecule has 0 aliphatic rings. The molecule has 0 aromatic heterocycles. The summed E-state index contributed by atoms with van der Waals surface area (Å²) in [5.41, 5.74) is 0.614. The lowest BCUT2D eigenvalue weighted by molar-refractivity contribution is -0.400. The van der Waals surface area contributed by atoms with Crippen molar-refractivity contribution in [1.29, 1.82) is 0 Å². The van der Waals surface area contributed by atoms with E-state index in [2.05, 4.69) is 15.9 Å². The van der Waals surface area contributed by atoms with Crippen LogP contribution in [0.15, 0.2) is 28.9 Å². The van der Waals surface area contributed by atoms with E-state index in [9.17, 15) is 10.1 Å². The fraction of sp³-hybridized carbons (Fsp3) is 0.200. The van der Waals surface area contributed by atoms with Gasteiger partial charge in [0.15, 0.2) is 6.79 Å². The van der Waals surface area contributed by atoms with Crippen molar-refractivity contribution < 1.29 is 14.4 Å². The molecule has 0 bridgehead atoms. The van der Waals surface area contributed by atoms with Crippen LogP contribution in [0.1, 0.15) is 5.56 Å². The summed E-state index contributed by atoms with van der Waals surface area (Å²) in [5.74, 6) is 0.516. The predicted octanol–water partition coefficient (Wildman–Crippen LogP) is 2.68. The Balaban J connectivity index is 2.97. The third kappa shape index (κ3) is 3.63. The topological polar surface area (TPSA) is 61.6 Å². The van der Waals surface area contributed by atoms with Crippen molar-refractivity contribution >= 4 is 22.0 Å². The lowest BCUT2D eigenvalue weighted by Gasteiger charge is -2.09. The normalized spacial score (nSPS) is 10.6. The number of halogens is 1. The van der Waals surface area contributed by atoms with Gasteiger partial charge in [0.25, 0.3) is 0 Å². The van der Waals surface area contributed by atoms with E-state index in [1.807, 2.05) is 0 Å². The van der Waals surface area contributed by atoms with Gasteiger partial charge in [0.1, 0.15) is 5.75 Å². The highest BCUT2D eigenvalue weighted by molar-refractivity contribution is 9.10. The van der Waals surface area contributed by atoms with Gasteiger partial charge >= 0.3 is 0 Å². The SMILES string of the molecule is COCOc1c(Br)cccc1/C=C/[N+](=O)[O-]. The number of hydrogen-bond acceptors (Lipinski definition) is 4. The van der Waals surface area contributed by atoms with Gasteiger partial charge in [-0.1, -0.05) is 12.1 Å². The lowest BCUT2D eigenvalue weighted by atomic mass is 10.2. The molecule has 6 heteroatoms. The molecule has 0 N–H and O–H groups in total. The predicted molar refractivity (Wildman–Crippen MR) is 62.7 cm³/mol. The minimum atomic E-state index is -0.527. The number of benzene rings is 1. The number of nitrogens with zero attached hydrogens (tertiary/aromatic N) is 1. The second kappa shape index (κ2) is 6.24. The molecule has 16 heavy (non-hydrogen) atoms. The van der Waals surface area contributed by atoms with Gasteiger partial charge in [-0.25, -0.2) is 0 Å². The van der Waals surface area contributed by atoms with Crippen LogP contribution in [0.5, 0.6) is 5.75 Å². The van der Waals surface area contributed by atoms with E-state index in [4.69, 9.17) is 9.47 Å². The molecule has 1 rings (SSSR count). The van der Waals surface area contributed by atoms with E-state index < -0.39 is 4.92 Å². The van der Waals surface area contributed by atoms with Gasteiger partial charge in [0.2, 0.25) is 6.20 Å². The molecule has 0 atom stereocenters. The van der Waals surface area contributed by atoms with Crippen molar-refractivity contribution in [1.82, 2.24) is 0 Å². The number of hydrogen-bond donors (Lipinski definition) is 0. The summed E-state index contributed by atoms with van der Waals surface area (Å²) in [6.45, 7) is 0.0852. The van der Waals surface area contributed by atoms with Crippen molar-refractivity contribution in [2.45, 2.75) is 0 Å². The molecule has 0 heterocycles. The summed E-state index contributed by atoms with van der Waals surface area (Å²) in [7, 11) is 1.50. The Morgan fingerprint density at radius 3 is 2.94 bits per heavy atom. The molecule has 0 fully saturated rings. The Kier molecular flexibility index (Phi) is 4.94. The van der Waals surface area contributed by atoms with Gasteiger partial charge in [0.05, 0.1) is 9.40 Å². The molecular formula is C10H10BrNO4. The van der Waals surface area contributed by atoms with Crippen LogP contribution >= 0.6 is 15.9 Å². The van der Waals surface area contributed by atoms with Gasteiger partial charge in [-0.3, -0.25) is 10.1 Å². The molecule has 0 saturated heterocycles. The Morgan fingerprint density at radius 1 is 1.56 bits per heavy atom. The fourth-order valence-electron chi connectivity index (χ4n) is 1.07. The highest BCUT2D eigenvalue weighted by atomic mass is 79.9. The van der Waals surface area contributed by atoms with Gasteiger partial charge in [-0.15, -0.1) is 0 Å². The molecule has 0 saturated carbocycles. The van der Waals surface area contributed by atoms with Crippen molar-refractivity contribution in [3.63, 3.8) is 0 Å². The second-order valence-corrected chi connectivity index (χ2v) is 3.66. The quantitative estimate of drug-likeness (QED) is 0.475. The van der Waals surface area contributed by atoms with Gasteiger partial charge < -0.3 is 9.47 Å². The van der Waals surface area contributed by atoms with E-state index in [0.29, 0.717) is 11.3 Å². The summed E-state index contributed by atoms with van der Waals surface area (Å²) in [5, 5.41) is 10.2. The van der Waals surface area contributed by atoms with Crippen LogP contribution in [0.4, 0.5) is 0 Å². The number of rotatable bonds is 5. The molecule has 0 radical (unpaired) electrons. The first-order chi connectivity index (χ1) is 7.65. The number of methoxy groups -OCH3 is 1. The van der Waals surface area contributed by atoms with E-state index in [1.54, 1.807) is 18.2 Å². The minimum Gasteiger partial charge on any atom is -0.466 e. The van der Waals surface area contributed by atoms with Gasteiger partial charge in [0, 0.05) is 18.7 Å². The Labute approximate surface area is 101 Å². The smallest absolute Gasteiger partial charge is 0.235 e. The second-order valence-electron chi connectivity index (χ2n) is 2.81. The number of ether oxygens (including phenoxy) is 2. The largest absolute Gasteiger partial charge is 0.466 e. The van der Waals surface area contributed by atoms with Crippen LogP contribution in [0.3, 0.4) is 0 Å². The third-order valence-corrected chi connectivity index (χ3v) is 2.32. The monoisotopic (exact) mass is 287 g/mol. The van der Waals surface area contributed by atoms with Crippen LogP contribution in [-0.2, 0) is 4.74 Å². The summed E-state index contributed by atoms with van der Waals surface area (Å²) < 4.78 is 10.8. The van der Waals surface area contributed by atoms with Crippen LogP contribution < -0.4 is 4.74 Å². The maximum absolute atomic E-state index is 10.2. The molecule has 0 spiro atoms. The maximum Gasteiger partial charge on any atom is 0.235 e. The molecule has 0 amide bonds. The molecule has 1 aromatic rings. The summed E-state index contributed by atoms with van der Waals surface area (Å²) in [4.78, 5) is 9.70. The highest BCUT2D eigenvalue weighted by Gasteiger charge is 2.06.